The Morgan fingerprint density at radius 1 is 1.29 bits per heavy atom. The Balaban J connectivity index is 1.80. The third-order valence-electron chi connectivity index (χ3n) is 3.24. The molecule has 1 aromatic carbocycles. The number of ether oxygens (including phenoxy) is 1. The normalized spacial score (nSPS) is 18.0. The van der Waals surface area contributed by atoms with Gasteiger partial charge in [0.05, 0.1) is 5.69 Å². The van der Waals surface area contributed by atoms with Crippen LogP contribution in [0.1, 0.15) is 19.8 Å². The zero-order valence-electron chi connectivity index (χ0n) is 10.2. The maximum atomic E-state index is 8.69. The zero-order valence-corrected chi connectivity index (χ0v) is 10.2. The monoisotopic (exact) mass is 236 g/mol. The van der Waals surface area contributed by atoms with Crippen molar-refractivity contribution in [3.05, 3.63) is 24.3 Å². The van der Waals surface area contributed by atoms with Crippen LogP contribution < -0.4 is 10.2 Å². The molecule has 1 aromatic rings. The first kappa shape index (κ1) is 12.2. The van der Waals surface area contributed by atoms with Gasteiger partial charge in [-0.05, 0) is 57.1 Å². The zero-order chi connectivity index (χ0) is 12.1. The van der Waals surface area contributed by atoms with E-state index in [1.165, 1.54) is 25.9 Å². The van der Waals surface area contributed by atoms with Gasteiger partial charge in [0, 0.05) is 6.04 Å². The fraction of sp³-hybridized carbons (Fsp3) is 0.538. The van der Waals surface area contributed by atoms with E-state index in [9.17, 15) is 0 Å². The molecule has 0 saturated carbocycles. The Kier molecular flexibility index (Phi) is 4.23. The molecule has 1 saturated heterocycles. The predicted octanol–water partition coefficient (Wildman–Crippen LogP) is 2.35. The largest absolute Gasteiger partial charge is 0.492 e. The summed E-state index contributed by atoms with van der Waals surface area (Å²) in [6.07, 6.45) is 2.61. The van der Waals surface area contributed by atoms with Gasteiger partial charge in [-0.15, -0.1) is 0 Å². The molecule has 2 N–H and O–H groups in total. The molecule has 1 aliphatic rings. The van der Waals surface area contributed by atoms with E-state index < -0.39 is 0 Å². The van der Waals surface area contributed by atoms with Crippen LogP contribution in [0.4, 0.5) is 5.69 Å². The molecule has 94 valence electrons. The highest BCUT2D eigenvalue weighted by Crippen LogP contribution is 2.17. The van der Waals surface area contributed by atoms with E-state index in [1.54, 1.807) is 12.1 Å². The highest BCUT2D eigenvalue weighted by molar-refractivity contribution is 5.44. The minimum absolute atomic E-state index is 0.466. The second-order valence-corrected chi connectivity index (χ2v) is 4.54. The van der Waals surface area contributed by atoms with Crippen molar-refractivity contribution < 1.29 is 9.94 Å². The van der Waals surface area contributed by atoms with E-state index in [1.807, 2.05) is 12.1 Å². The van der Waals surface area contributed by atoms with Crippen molar-refractivity contribution >= 4 is 5.69 Å². The van der Waals surface area contributed by atoms with Gasteiger partial charge in [0.2, 0.25) is 0 Å². The van der Waals surface area contributed by atoms with Crippen LogP contribution in [-0.4, -0.2) is 35.8 Å². The van der Waals surface area contributed by atoms with Crippen molar-refractivity contribution in [2.75, 3.05) is 25.2 Å². The van der Waals surface area contributed by atoms with E-state index in [4.69, 9.17) is 9.94 Å². The van der Waals surface area contributed by atoms with Crippen molar-refractivity contribution in [3.8, 4) is 5.75 Å². The summed E-state index contributed by atoms with van der Waals surface area (Å²) in [6.45, 7) is 5.30. The highest BCUT2D eigenvalue weighted by atomic mass is 16.5. The summed E-state index contributed by atoms with van der Waals surface area (Å²) in [5.41, 5.74) is 2.77. The number of likely N-dealkylation sites (tertiary alicyclic amines) is 1. The number of anilines is 1. The summed E-state index contributed by atoms with van der Waals surface area (Å²) >= 11 is 0. The Labute approximate surface area is 102 Å². The van der Waals surface area contributed by atoms with Crippen LogP contribution in [0.3, 0.4) is 0 Å². The first-order valence-electron chi connectivity index (χ1n) is 6.16. The number of hydrogen-bond donors (Lipinski definition) is 2. The maximum absolute atomic E-state index is 8.69. The summed E-state index contributed by atoms with van der Waals surface area (Å²) < 4.78 is 5.73. The van der Waals surface area contributed by atoms with Gasteiger partial charge in [-0.1, -0.05) is 0 Å². The topological polar surface area (TPSA) is 44.7 Å². The molecule has 0 unspecified atom stereocenters. The number of nitrogens with one attached hydrogen (secondary N) is 1. The van der Waals surface area contributed by atoms with E-state index in [0.29, 0.717) is 18.3 Å². The third-order valence-corrected chi connectivity index (χ3v) is 3.24. The molecule has 0 radical (unpaired) electrons. The Morgan fingerprint density at radius 2 is 1.94 bits per heavy atom. The smallest absolute Gasteiger partial charge is 0.119 e. The highest BCUT2D eigenvalue weighted by Gasteiger charge is 2.18. The first-order chi connectivity index (χ1) is 8.29. The second-order valence-electron chi connectivity index (χ2n) is 4.54. The number of rotatable bonds is 5. The molecule has 17 heavy (non-hydrogen) atoms. The predicted molar refractivity (Wildman–Crippen MR) is 67.6 cm³/mol. The quantitative estimate of drug-likeness (QED) is 0.770. The van der Waals surface area contributed by atoms with Gasteiger partial charge in [-0.3, -0.25) is 15.6 Å². The average Bonchev–Trinajstić information content (AvgIpc) is 2.90. The maximum Gasteiger partial charge on any atom is 0.119 e. The molecule has 2 rings (SSSR count). The molecule has 1 heterocycles. The Morgan fingerprint density at radius 3 is 2.53 bits per heavy atom. The van der Waals surface area contributed by atoms with Gasteiger partial charge in [0.15, 0.2) is 0 Å². The van der Waals surface area contributed by atoms with Crippen molar-refractivity contribution in [2.24, 2.45) is 0 Å². The molecule has 0 aromatic heterocycles. The van der Waals surface area contributed by atoms with Crippen LogP contribution >= 0.6 is 0 Å². The number of nitrogens with zero attached hydrogens (tertiary/aromatic N) is 1. The van der Waals surface area contributed by atoms with Crippen LogP contribution in [0, 0.1) is 0 Å². The van der Waals surface area contributed by atoms with Gasteiger partial charge >= 0.3 is 0 Å². The molecule has 0 spiro atoms. The fourth-order valence-electron chi connectivity index (χ4n) is 2.13. The van der Waals surface area contributed by atoms with Gasteiger partial charge < -0.3 is 4.74 Å². The average molecular weight is 236 g/mol. The summed E-state index contributed by atoms with van der Waals surface area (Å²) in [6, 6.07) is 7.75. The van der Waals surface area contributed by atoms with Crippen LogP contribution in [-0.2, 0) is 0 Å². The fourth-order valence-corrected chi connectivity index (χ4v) is 2.13. The summed E-state index contributed by atoms with van der Waals surface area (Å²) in [7, 11) is 0. The summed E-state index contributed by atoms with van der Waals surface area (Å²) in [5.74, 6) is 0.843. The molecular weight excluding hydrogens is 216 g/mol. The van der Waals surface area contributed by atoms with Gasteiger partial charge in [0.1, 0.15) is 12.4 Å². The van der Waals surface area contributed by atoms with Crippen LogP contribution in [0.25, 0.3) is 0 Å². The van der Waals surface area contributed by atoms with Crippen molar-refractivity contribution in [3.63, 3.8) is 0 Å². The summed E-state index contributed by atoms with van der Waals surface area (Å²) in [4.78, 5) is 2.46. The van der Waals surface area contributed by atoms with Crippen LogP contribution in [0.2, 0.25) is 0 Å². The van der Waals surface area contributed by atoms with Crippen LogP contribution in [0.5, 0.6) is 5.75 Å². The van der Waals surface area contributed by atoms with Crippen LogP contribution in [0.15, 0.2) is 24.3 Å². The van der Waals surface area contributed by atoms with Crippen molar-refractivity contribution in [2.45, 2.75) is 25.8 Å². The molecular formula is C13H20N2O2. The lowest BCUT2D eigenvalue weighted by molar-refractivity contribution is 0.172. The van der Waals surface area contributed by atoms with Crippen molar-refractivity contribution in [1.29, 1.82) is 0 Å². The molecule has 4 heteroatoms. The number of benzene rings is 1. The molecule has 0 amide bonds. The molecule has 1 atom stereocenters. The number of hydrogen-bond acceptors (Lipinski definition) is 4. The molecule has 0 bridgehead atoms. The second kappa shape index (κ2) is 5.89. The lowest BCUT2D eigenvalue weighted by atomic mass is 10.3. The third kappa shape index (κ3) is 3.35. The van der Waals surface area contributed by atoms with Gasteiger partial charge in [-0.25, -0.2) is 0 Å². The Bertz CT molecular complexity index is 334. The standard InChI is InChI=1S/C13H20N2O2/c1-11(15-8-2-3-9-15)10-17-13-6-4-12(14-16)5-7-13/h4-7,11,14,16H,2-3,8-10H2,1H3/t11-/m1/s1. The Hall–Kier alpha value is -1.26. The molecule has 1 aliphatic heterocycles. The van der Waals surface area contributed by atoms with Gasteiger partial charge in [0.25, 0.3) is 0 Å². The van der Waals surface area contributed by atoms with Gasteiger partial charge in [-0.2, -0.15) is 0 Å². The SMILES string of the molecule is C[C@H](COc1ccc(NO)cc1)N1CCCC1. The van der Waals surface area contributed by atoms with E-state index >= 15 is 0 Å². The lowest BCUT2D eigenvalue weighted by Gasteiger charge is -2.23. The minimum atomic E-state index is 0.466. The van der Waals surface area contributed by atoms with E-state index in [-0.39, 0.29) is 0 Å². The van der Waals surface area contributed by atoms with E-state index in [0.717, 1.165) is 5.75 Å². The van der Waals surface area contributed by atoms with Crippen molar-refractivity contribution in [1.82, 2.24) is 4.90 Å². The first-order valence-corrected chi connectivity index (χ1v) is 6.16. The van der Waals surface area contributed by atoms with E-state index in [2.05, 4.69) is 17.3 Å². The lowest BCUT2D eigenvalue weighted by Crippen LogP contribution is -2.34. The molecule has 0 aliphatic carbocycles. The minimum Gasteiger partial charge on any atom is -0.492 e. The summed E-state index contributed by atoms with van der Waals surface area (Å²) in [5, 5.41) is 8.69. The molecule has 4 nitrogen and oxygen atoms in total. The molecule has 1 fully saturated rings.